The molecule has 4 N–H and O–H groups in total. The largest absolute Gasteiger partial charge is 0.361 e. The highest BCUT2D eigenvalue weighted by Gasteiger charge is 2.40. The molecule has 0 spiro atoms. The molecule has 4 atom stereocenters. The molecule has 2 aliphatic heterocycles. The summed E-state index contributed by atoms with van der Waals surface area (Å²) in [7, 11) is 0. The van der Waals surface area contributed by atoms with Crippen LogP contribution in [0, 0.1) is 0 Å². The molecular weight excluding hydrogens is 542 g/mol. The highest BCUT2D eigenvalue weighted by atomic mass is 16.2. The van der Waals surface area contributed by atoms with Crippen LogP contribution in [0.2, 0.25) is 0 Å². The van der Waals surface area contributed by atoms with Crippen molar-refractivity contribution < 1.29 is 19.2 Å². The van der Waals surface area contributed by atoms with Crippen molar-refractivity contribution in [2.24, 2.45) is 0 Å². The van der Waals surface area contributed by atoms with Gasteiger partial charge in [-0.1, -0.05) is 78.9 Å². The SMILES string of the molecule is O=C1N[C@H](Cc2ccccc2)C(=O)N[C@H](Cc2c[nH]c3ccccc23)C(=O)N[C@@H](Cc2ccccc2)C(=O)N2CCCC12. The third-order valence-electron chi connectivity index (χ3n) is 8.38. The Kier molecular flexibility index (Phi) is 8.22. The van der Waals surface area contributed by atoms with E-state index in [0.29, 0.717) is 19.4 Å². The van der Waals surface area contributed by atoms with E-state index in [4.69, 9.17) is 0 Å². The fourth-order valence-corrected chi connectivity index (χ4v) is 6.15. The van der Waals surface area contributed by atoms with Crippen LogP contribution >= 0.6 is 0 Å². The summed E-state index contributed by atoms with van der Waals surface area (Å²) in [6.45, 7) is 0.409. The second kappa shape index (κ2) is 12.5. The Morgan fingerprint density at radius 1 is 0.628 bits per heavy atom. The van der Waals surface area contributed by atoms with Crippen molar-refractivity contribution in [2.45, 2.75) is 56.3 Å². The van der Waals surface area contributed by atoms with Gasteiger partial charge in [0.2, 0.25) is 23.6 Å². The summed E-state index contributed by atoms with van der Waals surface area (Å²) in [6, 6.07) is 23.1. The molecule has 0 aliphatic carbocycles. The second-order valence-electron chi connectivity index (χ2n) is 11.3. The quantitative estimate of drug-likeness (QED) is 0.281. The fraction of sp³-hybridized carbons (Fsp3) is 0.294. The van der Waals surface area contributed by atoms with E-state index in [-0.39, 0.29) is 31.1 Å². The molecule has 6 rings (SSSR count). The first-order valence-corrected chi connectivity index (χ1v) is 14.8. The van der Waals surface area contributed by atoms with Gasteiger partial charge in [0.15, 0.2) is 0 Å². The van der Waals surface area contributed by atoms with Crippen LogP contribution in [0.25, 0.3) is 10.9 Å². The van der Waals surface area contributed by atoms with E-state index in [1.54, 1.807) is 4.90 Å². The van der Waals surface area contributed by atoms with Gasteiger partial charge < -0.3 is 25.8 Å². The molecule has 2 saturated heterocycles. The Morgan fingerprint density at radius 2 is 1.19 bits per heavy atom. The summed E-state index contributed by atoms with van der Waals surface area (Å²) >= 11 is 0. The van der Waals surface area contributed by atoms with Crippen LogP contribution in [0.5, 0.6) is 0 Å². The number of hydrogen-bond acceptors (Lipinski definition) is 4. The lowest BCUT2D eigenvalue weighted by molar-refractivity contribution is -0.143. The Balaban J connectivity index is 1.36. The van der Waals surface area contributed by atoms with Gasteiger partial charge in [0.1, 0.15) is 24.2 Å². The molecular formula is C34H35N5O4. The number of H-pyrrole nitrogens is 1. The van der Waals surface area contributed by atoms with Crippen molar-refractivity contribution in [1.29, 1.82) is 0 Å². The summed E-state index contributed by atoms with van der Waals surface area (Å²) < 4.78 is 0. The number of carbonyl (C=O) groups is 4. The minimum atomic E-state index is -0.984. The molecule has 0 bridgehead atoms. The number of fused-ring (bicyclic) bond motifs is 2. The van der Waals surface area contributed by atoms with Crippen LogP contribution < -0.4 is 16.0 Å². The number of nitrogens with zero attached hydrogens (tertiary/aromatic N) is 1. The Morgan fingerprint density at radius 3 is 1.88 bits per heavy atom. The molecule has 9 heteroatoms. The van der Waals surface area contributed by atoms with E-state index in [0.717, 1.165) is 27.6 Å². The monoisotopic (exact) mass is 577 g/mol. The summed E-state index contributed by atoms with van der Waals surface area (Å²) in [5.74, 6) is -1.56. The Bertz CT molecular complexity index is 1620. The first-order valence-electron chi connectivity index (χ1n) is 14.8. The van der Waals surface area contributed by atoms with Crippen LogP contribution in [0.4, 0.5) is 0 Å². The number of carbonyl (C=O) groups excluding carboxylic acids is 4. The predicted octanol–water partition coefficient (Wildman–Crippen LogP) is 2.65. The smallest absolute Gasteiger partial charge is 0.246 e. The topological polar surface area (TPSA) is 123 Å². The van der Waals surface area contributed by atoms with E-state index in [2.05, 4.69) is 20.9 Å². The number of para-hydroxylation sites is 1. The average molecular weight is 578 g/mol. The lowest BCUT2D eigenvalue weighted by Gasteiger charge is -2.32. The molecule has 43 heavy (non-hydrogen) atoms. The molecule has 3 heterocycles. The second-order valence-corrected chi connectivity index (χ2v) is 11.3. The zero-order valence-corrected chi connectivity index (χ0v) is 23.8. The molecule has 2 fully saturated rings. The zero-order valence-electron chi connectivity index (χ0n) is 23.8. The van der Waals surface area contributed by atoms with Crippen molar-refractivity contribution in [3.8, 4) is 0 Å². The van der Waals surface area contributed by atoms with E-state index < -0.39 is 36.0 Å². The minimum absolute atomic E-state index is 0.201. The van der Waals surface area contributed by atoms with E-state index in [1.807, 2.05) is 91.1 Å². The molecule has 0 radical (unpaired) electrons. The maximum atomic E-state index is 14.0. The fourth-order valence-electron chi connectivity index (χ4n) is 6.15. The highest BCUT2D eigenvalue weighted by molar-refractivity contribution is 5.98. The molecule has 4 amide bonds. The molecule has 220 valence electrons. The zero-order chi connectivity index (χ0) is 29.8. The first-order chi connectivity index (χ1) is 21.0. The van der Waals surface area contributed by atoms with Crippen molar-refractivity contribution in [3.63, 3.8) is 0 Å². The summed E-state index contributed by atoms with van der Waals surface area (Å²) in [5.41, 5.74) is 3.53. The number of rotatable bonds is 6. The van der Waals surface area contributed by atoms with Crippen molar-refractivity contribution in [3.05, 3.63) is 108 Å². The maximum Gasteiger partial charge on any atom is 0.246 e. The summed E-state index contributed by atoms with van der Waals surface area (Å²) in [4.78, 5) is 60.3. The van der Waals surface area contributed by atoms with Crippen LogP contribution in [0.1, 0.15) is 29.5 Å². The Labute approximate surface area is 250 Å². The van der Waals surface area contributed by atoms with Crippen molar-refractivity contribution in [1.82, 2.24) is 25.8 Å². The van der Waals surface area contributed by atoms with E-state index >= 15 is 0 Å². The summed E-state index contributed by atoms with van der Waals surface area (Å²) in [6.07, 6.45) is 3.70. The summed E-state index contributed by atoms with van der Waals surface area (Å²) in [5, 5.41) is 9.78. The molecule has 3 aromatic carbocycles. The van der Waals surface area contributed by atoms with Crippen molar-refractivity contribution in [2.75, 3.05) is 6.54 Å². The van der Waals surface area contributed by atoms with Gasteiger partial charge in [-0.15, -0.1) is 0 Å². The van der Waals surface area contributed by atoms with Gasteiger partial charge in [0, 0.05) is 42.9 Å². The first kappa shape index (κ1) is 28.2. The number of amides is 4. The Hall–Kier alpha value is -4.92. The lowest BCUT2D eigenvalue weighted by Crippen LogP contribution is -2.62. The van der Waals surface area contributed by atoms with Crippen molar-refractivity contribution >= 4 is 34.5 Å². The standard InChI is InChI=1S/C34H35N5O4/c40-31-27(18-22-10-3-1-4-11-22)37-33(42)30-16-9-17-39(30)34(43)29(19-23-12-5-2-6-13-23)38-32(41)28(36-31)20-24-21-35-26-15-8-7-14-25(24)26/h1-8,10-15,21,27-30,35H,9,16-20H2,(H,36,40)(H,37,42)(H,38,41)/t27-,28-,29+,30?/m1/s1. The predicted molar refractivity (Wildman–Crippen MR) is 163 cm³/mol. The van der Waals surface area contributed by atoms with E-state index in [9.17, 15) is 19.2 Å². The molecule has 9 nitrogen and oxygen atoms in total. The van der Waals surface area contributed by atoms with Gasteiger partial charge in [0.05, 0.1) is 0 Å². The lowest BCUT2D eigenvalue weighted by atomic mass is 9.99. The average Bonchev–Trinajstić information content (AvgIpc) is 3.68. The third kappa shape index (κ3) is 6.30. The maximum absolute atomic E-state index is 14.0. The number of aromatic nitrogens is 1. The number of nitrogens with one attached hydrogen (secondary N) is 4. The highest BCUT2D eigenvalue weighted by Crippen LogP contribution is 2.22. The molecule has 1 unspecified atom stereocenters. The molecule has 0 saturated carbocycles. The van der Waals surface area contributed by atoms with E-state index in [1.165, 1.54) is 0 Å². The third-order valence-corrected chi connectivity index (χ3v) is 8.38. The van der Waals surface area contributed by atoms with Gasteiger partial charge in [-0.2, -0.15) is 0 Å². The van der Waals surface area contributed by atoms with Gasteiger partial charge in [-0.3, -0.25) is 19.2 Å². The molecule has 1 aromatic heterocycles. The van der Waals surface area contributed by atoms with Crippen LogP contribution in [-0.4, -0.2) is 64.2 Å². The van der Waals surface area contributed by atoms with Crippen LogP contribution in [0.15, 0.2) is 91.1 Å². The van der Waals surface area contributed by atoms with Gasteiger partial charge in [0.25, 0.3) is 0 Å². The van der Waals surface area contributed by atoms with Crippen LogP contribution in [0.3, 0.4) is 0 Å². The number of benzene rings is 3. The minimum Gasteiger partial charge on any atom is -0.361 e. The van der Waals surface area contributed by atoms with Gasteiger partial charge in [-0.25, -0.2) is 0 Å². The van der Waals surface area contributed by atoms with Gasteiger partial charge in [-0.05, 0) is 35.6 Å². The van der Waals surface area contributed by atoms with Crippen LogP contribution in [-0.2, 0) is 38.4 Å². The molecule has 4 aromatic rings. The van der Waals surface area contributed by atoms with Gasteiger partial charge >= 0.3 is 0 Å². The number of aromatic amines is 1. The normalized spacial score (nSPS) is 23.1. The molecule has 2 aliphatic rings. The number of hydrogen-bond donors (Lipinski definition) is 4.